The lowest BCUT2D eigenvalue weighted by molar-refractivity contribution is -0.142. The molecule has 0 unspecified atom stereocenters. The first-order valence-corrected chi connectivity index (χ1v) is 9.12. The van der Waals surface area contributed by atoms with E-state index in [0.717, 1.165) is 0 Å². The van der Waals surface area contributed by atoms with E-state index in [4.69, 9.17) is 14.7 Å². The Morgan fingerprint density at radius 1 is 0.929 bits per heavy atom. The highest BCUT2D eigenvalue weighted by molar-refractivity contribution is 5.94. The number of fused-ring (bicyclic) bond motifs is 1. The van der Waals surface area contributed by atoms with E-state index in [-0.39, 0.29) is 18.4 Å². The minimum Gasteiger partial charge on any atom is -0.485 e. The normalized spacial score (nSPS) is 18.3. The van der Waals surface area contributed by atoms with Crippen molar-refractivity contribution in [2.24, 2.45) is 0 Å². The second-order valence-corrected chi connectivity index (χ2v) is 6.67. The molecular formula is C21H19N3O4. The Labute approximate surface area is 162 Å². The number of piperazine rings is 1. The fourth-order valence-corrected chi connectivity index (χ4v) is 3.34. The third-order valence-corrected chi connectivity index (χ3v) is 4.92. The van der Waals surface area contributed by atoms with Gasteiger partial charge in [-0.2, -0.15) is 5.26 Å². The Bertz CT molecular complexity index is 927. The molecule has 28 heavy (non-hydrogen) atoms. The van der Waals surface area contributed by atoms with Gasteiger partial charge in [0, 0.05) is 31.7 Å². The molecule has 0 aromatic heterocycles. The fraction of sp³-hybridized carbons (Fsp3) is 0.286. The van der Waals surface area contributed by atoms with E-state index in [9.17, 15) is 9.59 Å². The van der Waals surface area contributed by atoms with Gasteiger partial charge in [-0.1, -0.05) is 12.1 Å². The highest BCUT2D eigenvalue weighted by atomic mass is 16.6. The minimum absolute atomic E-state index is 0.0947. The second-order valence-electron chi connectivity index (χ2n) is 6.67. The molecule has 2 aromatic rings. The molecule has 0 aliphatic carbocycles. The molecule has 0 N–H and O–H groups in total. The summed E-state index contributed by atoms with van der Waals surface area (Å²) >= 11 is 0. The van der Waals surface area contributed by atoms with Gasteiger partial charge in [0.25, 0.3) is 11.8 Å². The molecule has 7 heteroatoms. The molecule has 2 aromatic carbocycles. The second kappa shape index (κ2) is 7.61. The van der Waals surface area contributed by atoms with Gasteiger partial charge in [-0.15, -0.1) is 0 Å². The fourth-order valence-electron chi connectivity index (χ4n) is 3.34. The van der Waals surface area contributed by atoms with Crippen LogP contribution in [0.25, 0.3) is 0 Å². The lowest BCUT2D eigenvalue weighted by Gasteiger charge is -2.37. The van der Waals surface area contributed by atoms with Crippen molar-refractivity contribution in [3.8, 4) is 17.6 Å². The van der Waals surface area contributed by atoms with Crippen LogP contribution in [0, 0.1) is 11.3 Å². The third kappa shape index (κ3) is 3.49. The summed E-state index contributed by atoms with van der Waals surface area (Å²) in [5.41, 5.74) is 1.06. The molecule has 0 saturated carbocycles. The molecule has 142 valence electrons. The lowest BCUT2D eigenvalue weighted by atomic mass is 10.1. The van der Waals surface area contributed by atoms with Crippen molar-refractivity contribution in [1.82, 2.24) is 9.80 Å². The molecule has 7 nitrogen and oxygen atoms in total. The molecule has 1 saturated heterocycles. The van der Waals surface area contributed by atoms with Crippen molar-refractivity contribution in [1.29, 1.82) is 5.26 Å². The Balaban J connectivity index is 1.34. The Kier molecular flexibility index (Phi) is 4.85. The Morgan fingerprint density at radius 3 is 2.25 bits per heavy atom. The molecule has 2 aliphatic heterocycles. The highest BCUT2D eigenvalue weighted by Gasteiger charge is 2.33. The molecular weight excluding hydrogens is 358 g/mol. The van der Waals surface area contributed by atoms with E-state index in [2.05, 4.69) is 0 Å². The average Bonchev–Trinajstić information content (AvgIpc) is 2.78. The molecule has 0 spiro atoms. The first kappa shape index (κ1) is 17.9. The van der Waals surface area contributed by atoms with Crippen molar-refractivity contribution >= 4 is 11.8 Å². The standard InChI is InChI=1S/C21H19N3O4/c22-13-15-5-7-16(8-6-15)20(25)23-9-11-24(12-10-23)21(26)19-14-27-17-3-1-2-4-18(17)28-19/h1-8,19H,9-12,14H2/t19-/m1/s1. The summed E-state index contributed by atoms with van der Waals surface area (Å²) in [6.45, 7) is 1.98. The zero-order chi connectivity index (χ0) is 19.5. The number of nitriles is 1. The number of benzene rings is 2. The van der Waals surface area contributed by atoms with Crippen molar-refractivity contribution in [3.05, 3.63) is 59.7 Å². The van der Waals surface area contributed by atoms with Crippen LogP contribution in [0.4, 0.5) is 0 Å². The number of amides is 2. The number of ether oxygens (including phenoxy) is 2. The zero-order valence-electron chi connectivity index (χ0n) is 15.2. The van der Waals surface area contributed by atoms with Crippen LogP contribution in [-0.4, -0.2) is 60.5 Å². The summed E-state index contributed by atoms with van der Waals surface area (Å²) in [5, 5.41) is 8.86. The summed E-state index contributed by atoms with van der Waals surface area (Å²) in [7, 11) is 0. The summed E-state index contributed by atoms with van der Waals surface area (Å²) < 4.78 is 11.4. The predicted octanol–water partition coefficient (Wildman–Crippen LogP) is 1.68. The first-order valence-electron chi connectivity index (χ1n) is 9.12. The van der Waals surface area contributed by atoms with Crippen LogP contribution in [0.2, 0.25) is 0 Å². The molecule has 1 atom stereocenters. The number of hydrogen-bond acceptors (Lipinski definition) is 5. The van der Waals surface area contributed by atoms with Gasteiger partial charge in [0.15, 0.2) is 11.5 Å². The van der Waals surface area contributed by atoms with E-state index in [1.807, 2.05) is 24.3 Å². The van der Waals surface area contributed by atoms with E-state index >= 15 is 0 Å². The van der Waals surface area contributed by atoms with E-state index in [1.165, 1.54) is 0 Å². The summed E-state index contributed by atoms with van der Waals surface area (Å²) in [6, 6.07) is 15.9. The van der Waals surface area contributed by atoms with Gasteiger partial charge in [-0.05, 0) is 36.4 Å². The summed E-state index contributed by atoms with van der Waals surface area (Å²) in [5.74, 6) is 0.994. The molecule has 2 heterocycles. The number of carbonyl (C=O) groups is 2. The van der Waals surface area contributed by atoms with E-state index in [0.29, 0.717) is 48.8 Å². The number of rotatable bonds is 2. The van der Waals surface area contributed by atoms with E-state index < -0.39 is 6.10 Å². The molecule has 0 bridgehead atoms. The van der Waals surface area contributed by atoms with Crippen molar-refractivity contribution in [2.45, 2.75) is 6.10 Å². The Morgan fingerprint density at radius 2 is 1.57 bits per heavy atom. The molecule has 4 rings (SSSR count). The van der Waals surface area contributed by atoms with Crippen LogP contribution in [0.3, 0.4) is 0 Å². The highest BCUT2D eigenvalue weighted by Crippen LogP contribution is 2.31. The molecule has 2 amide bonds. The maximum atomic E-state index is 12.8. The summed E-state index contributed by atoms with van der Waals surface area (Å²) in [6.07, 6.45) is -0.671. The average molecular weight is 377 g/mol. The van der Waals surface area contributed by atoms with Crippen LogP contribution in [0.15, 0.2) is 48.5 Å². The number of para-hydroxylation sites is 2. The first-order chi connectivity index (χ1) is 13.7. The van der Waals surface area contributed by atoms with Gasteiger partial charge in [0.2, 0.25) is 6.10 Å². The van der Waals surface area contributed by atoms with Crippen molar-refractivity contribution in [3.63, 3.8) is 0 Å². The molecule has 2 aliphatic rings. The lowest BCUT2D eigenvalue weighted by Crippen LogP contribution is -2.55. The summed E-state index contributed by atoms with van der Waals surface area (Å²) in [4.78, 5) is 28.8. The number of hydrogen-bond donors (Lipinski definition) is 0. The van der Waals surface area contributed by atoms with Gasteiger partial charge in [-0.25, -0.2) is 0 Å². The Hall–Kier alpha value is -3.53. The number of nitrogens with zero attached hydrogens (tertiary/aromatic N) is 3. The topological polar surface area (TPSA) is 82.9 Å². The zero-order valence-corrected chi connectivity index (χ0v) is 15.2. The number of carbonyl (C=O) groups excluding carboxylic acids is 2. The van der Waals surface area contributed by atoms with Gasteiger partial charge < -0.3 is 19.3 Å². The smallest absolute Gasteiger partial charge is 0.267 e. The third-order valence-electron chi connectivity index (χ3n) is 4.92. The van der Waals surface area contributed by atoms with Crippen LogP contribution < -0.4 is 9.47 Å². The quantitative estimate of drug-likeness (QED) is 0.795. The maximum Gasteiger partial charge on any atom is 0.267 e. The van der Waals surface area contributed by atoms with Gasteiger partial charge in [0.05, 0.1) is 11.6 Å². The molecule has 0 radical (unpaired) electrons. The van der Waals surface area contributed by atoms with Gasteiger partial charge >= 0.3 is 0 Å². The minimum atomic E-state index is -0.671. The van der Waals surface area contributed by atoms with Crippen LogP contribution in [0.1, 0.15) is 15.9 Å². The van der Waals surface area contributed by atoms with Gasteiger partial charge in [0.1, 0.15) is 6.61 Å². The maximum absolute atomic E-state index is 12.8. The molecule has 1 fully saturated rings. The van der Waals surface area contributed by atoms with Crippen LogP contribution >= 0.6 is 0 Å². The largest absolute Gasteiger partial charge is 0.485 e. The van der Waals surface area contributed by atoms with Crippen molar-refractivity contribution in [2.75, 3.05) is 32.8 Å². The van der Waals surface area contributed by atoms with Crippen LogP contribution in [-0.2, 0) is 4.79 Å². The van der Waals surface area contributed by atoms with Crippen molar-refractivity contribution < 1.29 is 19.1 Å². The SMILES string of the molecule is N#Cc1ccc(C(=O)N2CCN(C(=O)[C@H]3COc4ccccc4O3)CC2)cc1. The van der Waals surface area contributed by atoms with E-state index in [1.54, 1.807) is 40.1 Å². The van der Waals surface area contributed by atoms with Crippen LogP contribution in [0.5, 0.6) is 11.5 Å². The predicted molar refractivity (Wildman–Crippen MR) is 100.0 cm³/mol. The monoisotopic (exact) mass is 377 g/mol. The van der Waals surface area contributed by atoms with Gasteiger partial charge in [-0.3, -0.25) is 9.59 Å².